The van der Waals surface area contributed by atoms with Crippen molar-refractivity contribution in [2.24, 2.45) is 0 Å². The summed E-state index contributed by atoms with van der Waals surface area (Å²) in [4.78, 5) is 14.7. The monoisotopic (exact) mass is 348 g/mol. The Bertz CT molecular complexity index is 481. The molecule has 0 radical (unpaired) electrons. The predicted molar refractivity (Wildman–Crippen MR) is 99.6 cm³/mol. The molecule has 0 aromatic heterocycles. The maximum absolute atomic E-state index is 12.2. The summed E-state index contributed by atoms with van der Waals surface area (Å²) < 4.78 is 11.2. The molecule has 5 nitrogen and oxygen atoms in total. The van der Waals surface area contributed by atoms with Crippen LogP contribution in [0.3, 0.4) is 0 Å². The lowest BCUT2D eigenvalue weighted by Crippen LogP contribution is -2.44. The Morgan fingerprint density at radius 3 is 2.40 bits per heavy atom. The highest BCUT2D eigenvalue weighted by molar-refractivity contribution is 5.94. The van der Waals surface area contributed by atoms with Crippen LogP contribution >= 0.6 is 0 Å². The van der Waals surface area contributed by atoms with Gasteiger partial charge in [0.1, 0.15) is 0 Å². The molecular weight excluding hydrogens is 316 g/mol. The second-order valence-corrected chi connectivity index (χ2v) is 6.44. The third-order valence-electron chi connectivity index (χ3n) is 4.58. The van der Waals surface area contributed by atoms with Crippen LogP contribution in [0.2, 0.25) is 0 Å². The van der Waals surface area contributed by atoms with E-state index in [9.17, 15) is 4.79 Å². The van der Waals surface area contributed by atoms with Gasteiger partial charge in [-0.05, 0) is 58.2 Å². The molecule has 0 saturated carbocycles. The standard InChI is InChI=1S/C20H32N2O3/c1-3-24-19(25-4-2)11-8-14-22-15-12-18(13-16-22)21-20(23)17-9-6-5-7-10-17/h5-7,9-10,18-19H,3-4,8,11-16H2,1-2H3,(H,21,23). The third-order valence-corrected chi connectivity index (χ3v) is 4.58. The number of rotatable bonds is 10. The first-order valence-corrected chi connectivity index (χ1v) is 9.54. The van der Waals surface area contributed by atoms with Crippen LogP contribution in [0, 0.1) is 0 Å². The predicted octanol–water partition coefficient (Wildman–Crippen LogP) is 3.06. The zero-order valence-electron chi connectivity index (χ0n) is 15.6. The summed E-state index contributed by atoms with van der Waals surface area (Å²) in [6.07, 6.45) is 3.97. The zero-order valence-corrected chi connectivity index (χ0v) is 15.6. The number of hydrogen-bond acceptors (Lipinski definition) is 4. The molecule has 1 amide bonds. The lowest BCUT2D eigenvalue weighted by molar-refractivity contribution is -0.140. The Balaban J connectivity index is 1.63. The fraction of sp³-hybridized carbons (Fsp3) is 0.650. The zero-order chi connectivity index (χ0) is 17.9. The van der Waals surface area contributed by atoms with E-state index in [2.05, 4.69) is 10.2 Å². The summed E-state index contributed by atoms with van der Waals surface area (Å²) in [5, 5.41) is 3.16. The van der Waals surface area contributed by atoms with E-state index in [4.69, 9.17) is 9.47 Å². The molecule has 1 aromatic carbocycles. The molecule has 0 unspecified atom stereocenters. The molecule has 0 spiro atoms. The van der Waals surface area contributed by atoms with E-state index >= 15 is 0 Å². The van der Waals surface area contributed by atoms with Gasteiger partial charge < -0.3 is 19.7 Å². The molecule has 1 fully saturated rings. The van der Waals surface area contributed by atoms with Crippen molar-refractivity contribution < 1.29 is 14.3 Å². The number of hydrogen-bond donors (Lipinski definition) is 1. The van der Waals surface area contributed by atoms with E-state index in [1.807, 2.05) is 44.2 Å². The van der Waals surface area contributed by atoms with Crippen molar-refractivity contribution in [2.75, 3.05) is 32.8 Å². The Hall–Kier alpha value is -1.43. The molecule has 1 aromatic rings. The highest BCUT2D eigenvalue weighted by Crippen LogP contribution is 2.13. The number of carbonyl (C=O) groups is 1. The first-order chi connectivity index (χ1) is 12.2. The molecule has 1 aliphatic rings. The summed E-state index contributed by atoms with van der Waals surface area (Å²) in [7, 11) is 0. The van der Waals surface area contributed by atoms with Crippen molar-refractivity contribution in [1.29, 1.82) is 0 Å². The summed E-state index contributed by atoms with van der Waals surface area (Å²) in [6.45, 7) is 8.52. The van der Waals surface area contributed by atoms with Crippen molar-refractivity contribution in [2.45, 2.75) is 51.9 Å². The molecule has 1 N–H and O–H groups in total. The maximum Gasteiger partial charge on any atom is 0.251 e. The molecule has 1 saturated heterocycles. The van der Waals surface area contributed by atoms with Crippen LogP contribution in [0.5, 0.6) is 0 Å². The number of amides is 1. The van der Waals surface area contributed by atoms with Gasteiger partial charge in [-0.2, -0.15) is 0 Å². The van der Waals surface area contributed by atoms with Crippen LogP contribution in [0.25, 0.3) is 0 Å². The van der Waals surface area contributed by atoms with Gasteiger partial charge in [0, 0.05) is 37.9 Å². The molecule has 5 heteroatoms. The molecule has 25 heavy (non-hydrogen) atoms. The number of nitrogens with zero attached hydrogens (tertiary/aromatic N) is 1. The van der Waals surface area contributed by atoms with E-state index in [0.717, 1.165) is 50.9 Å². The average molecular weight is 348 g/mol. The van der Waals surface area contributed by atoms with Gasteiger partial charge in [0.25, 0.3) is 5.91 Å². The molecule has 0 atom stereocenters. The number of ether oxygens (including phenoxy) is 2. The maximum atomic E-state index is 12.2. The number of likely N-dealkylation sites (tertiary alicyclic amines) is 1. The molecule has 140 valence electrons. The third kappa shape index (κ3) is 7.14. The van der Waals surface area contributed by atoms with Crippen molar-refractivity contribution in [3.05, 3.63) is 35.9 Å². The average Bonchev–Trinajstić information content (AvgIpc) is 2.64. The molecule has 2 rings (SSSR count). The SMILES string of the molecule is CCOC(CCCN1CCC(NC(=O)c2ccccc2)CC1)OCC. The Kier molecular flexibility index (Phi) is 8.94. The van der Waals surface area contributed by atoms with Crippen molar-refractivity contribution in [3.63, 3.8) is 0 Å². The van der Waals surface area contributed by atoms with E-state index in [1.165, 1.54) is 0 Å². The van der Waals surface area contributed by atoms with Crippen molar-refractivity contribution in [3.8, 4) is 0 Å². The second-order valence-electron chi connectivity index (χ2n) is 6.44. The Labute approximate surface area is 151 Å². The minimum absolute atomic E-state index is 0.0373. The first kappa shape index (κ1) is 19.9. The van der Waals surface area contributed by atoms with Gasteiger partial charge in [0.15, 0.2) is 6.29 Å². The van der Waals surface area contributed by atoms with Crippen LogP contribution in [0.1, 0.15) is 49.9 Å². The summed E-state index contributed by atoms with van der Waals surface area (Å²) in [6, 6.07) is 9.72. The van der Waals surface area contributed by atoms with Gasteiger partial charge in [0.2, 0.25) is 0 Å². The van der Waals surface area contributed by atoms with E-state index in [1.54, 1.807) is 0 Å². The van der Waals surface area contributed by atoms with Crippen LogP contribution in [0.15, 0.2) is 30.3 Å². The van der Waals surface area contributed by atoms with Gasteiger partial charge >= 0.3 is 0 Å². The summed E-state index contributed by atoms with van der Waals surface area (Å²) >= 11 is 0. The van der Waals surface area contributed by atoms with Crippen molar-refractivity contribution in [1.82, 2.24) is 10.2 Å². The van der Waals surface area contributed by atoms with Crippen LogP contribution < -0.4 is 5.32 Å². The topological polar surface area (TPSA) is 50.8 Å². The first-order valence-electron chi connectivity index (χ1n) is 9.54. The highest BCUT2D eigenvalue weighted by atomic mass is 16.7. The van der Waals surface area contributed by atoms with Crippen LogP contribution in [-0.4, -0.2) is 56.0 Å². The van der Waals surface area contributed by atoms with E-state index in [-0.39, 0.29) is 18.2 Å². The summed E-state index contributed by atoms with van der Waals surface area (Å²) in [5.74, 6) is 0.0373. The number of piperidine rings is 1. The normalized spacial score (nSPS) is 16.3. The van der Waals surface area contributed by atoms with Crippen LogP contribution in [-0.2, 0) is 9.47 Å². The number of nitrogens with one attached hydrogen (secondary N) is 1. The van der Waals surface area contributed by atoms with Gasteiger partial charge in [-0.25, -0.2) is 0 Å². The molecule has 1 heterocycles. The fourth-order valence-electron chi connectivity index (χ4n) is 3.23. The number of carbonyl (C=O) groups excluding carboxylic acids is 1. The number of benzene rings is 1. The molecule has 0 aliphatic carbocycles. The molecule has 0 bridgehead atoms. The smallest absolute Gasteiger partial charge is 0.251 e. The highest BCUT2D eigenvalue weighted by Gasteiger charge is 2.21. The van der Waals surface area contributed by atoms with Gasteiger partial charge in [-0.1, -0.05) is 18.2 Å². The second kappa shape index (κ2) is 11.2. The van der Waals surface area contributed by atoms with Crippen LogP contribution in [0.4, 0.5) is 0 Å². The largest absolute Gasteiger partial charge is 0.353 e. The fourth-order valence-corrected chi connectivity index (χ4v) is 3.23. The van der Waals surface area contributed by atoms with E-state index in [0.29, 0.717) is 13.2 Å². The van der Waals surface area contributed by atoms with Gasteiger partial charge in [-0.15, -0.1) is 0 Å². The minimum atomic E-state index is -0.0716. The lowest BCUT2D eigenvalue weighted by atomic mass is 10.0. The minimum Gasteiger partial charge on any atom is -0.353 e. The van der Waals surface area contributed by atoms with E-state index < -0.39 is 0 Å². The van der Waals surface area contributed by atoms with Gasteiger partial charge in [-0.3, -0.25) is 4.79 Å². The lowest BCUT2D eigenvalue weighted by Gasteiger charge is -2.32. The molecular formula is C20H32N2O3. The quantitative estimate of drug-likeness (QED) is 0.660. The molecule has 1 aliphatic heterocycles. The van der Waals surface area contributed by atoms with Crippen molar-refractivity contribution >= 4 is 5.91 Å². The Morgan fingerprint density at radius 2 is 1.80 bits per heavy atom. The summed E-state index contributed by atoms with van der Waals surface area (Å²) in [5.41, 5.74) is 0.739. The van der Waals surface area contributed by atoms with Gasteiger partial charge in [0.05, 0.1) is 0 Å². The Morgan fingerprint density at radius 1 is 1.16 bits per heavy atom.